The summed E-state index contributed by atoms with van der Waals surface area (Å²) in [5.74, 6) is -0.721. The maximum Gasteiger partial charge on any atom is 0.227 e. The van der Waals surface area contributed by atoms with Crippen LogP contribution in [0.2, 0.25) is 0 Å². The highest BCUT2D eigenvalue weighted by molar-refractivity contribution is 5.93. The highest BCUT2D eigenvalue weighted by Crippen LogP contribution is 2.57. The molecule has 4 heteroatoms. The highest BCUT2D eigenvalue weighted by atomic mass is 16.5. The number of fused-ring (bicyclic) bond motifs is 1. The molecule has 0 unspecified atom stereocenters. The Bertz CT molecular complexity index is 430. The Hall–Kier alpha value is -1.16. The van der Waals surface area contributed by atoms with E-state index in [0.29, 0.717) is 0 Å². The number of rotatable bonds is 1. The van der Waals surface area contributed by atoms with E-state index in [1.807, 2.05) is 26.0 Å². The lowest BCUT2D eigenvalue weighted by atomic mass is 9.69. The van der Waals surface area contributed by atoms with Crippen molar-refractivity contribution in [3.63, 3.8) is 0 Å². The summed E-state index contributed by atoms with van der Waals surface area (Å²) in [6.07, 6.45) is 3.89. The minimum atomic E-state index is -0.595. The third-order valence-electron chi connectivity index (χ3n) is 4.26. The van der Waals surface area contributed by atoms with Crippen molar-refractivity contribution in [2.45, 2.75) is 38.0 Å². The molecule has 3 rings (SSSR count). The topological polar surface area (TPSA) is 55.4 Å². The first-order chi connectivity index (χ1) is 7.41. The van der Waals surface area contributed by atoms with Gasteiger partial charge in [-0.2, -0.15) is 0 Å². The fourth-order valence-corrected chi connectivity index (χ4v) is 3.58. The van der Waals surface area contributed by atoms with Gasteiger partial charge in [-0.25, -0.2) is 0 Å². The third kappa shape index (κ3) is 0.857. The Balaban J connectivity index is 2.16. The molecule has 1 spiro atoms. The van der Waals surface area contributed by atoms with Crippen molar-refractivity contribution >= 4 is 11.7 Å². The Kier molecular flexibility index (Phi) is 1.61. The van der Waals surface area contributed by atoms with Gasteiger partial charge in [0.05, 0.1) is 23.5 Å². The predicted molar refractivity (Wildman–Crippen MR) is 56.6 cm³/mol. The first-order valence-corrected chi connectivity index (χ1v) is 5.62. The molecule has 0 aromatic rings. The third-order valence-corrected chi connectivity index (χ3v) is 4.26. The Morgan fingerprint density at radius 1 is 1.50 bits per heavy atom. The minimum absolute atomic E-state index is 0.0305. The molecule has 0 aliphatic carbocycles. The smallest absolute Gasteiger partial charge is 0.227 e. The Labute approximate surface area is 94.0 Å². The van der Waals surface area contributed by atoms with Crippen LogP contribution in [-0.4, -0.2) is 28.9 Å². The van der Waals surface area contributed by atoms with Crippen LogP contribution >= 0.6 is 0 Å². The largest absolute Gasteiger partial charge is 0.357 e. The summed E-state index contributed by atoms with van der Waals surface area (Å²) in [5.41, 5.74) is -1.19. The lowest BCUT2D eigenvalue weighted by molar-refractivity contribution is -0.131. The zero-order chi connectivity index (χ0) is 11.7. The molecule has 0 aromatic heterocycles. The van der Waals surface area contributed by atoms with Gasteiger partial charge in [-0.3, -0.25) is 9.59 Å². The highest BCUT2D eigenvalue weighted by Gasteiger charge is 2.71. The molecule has 0 radical (unpaired) electrons. The number of ether oxygens (including phenoxy) is 1. The van der Waals surface area contributed by atoms with Gasteiger partial charge in [-0.15, -0.1) is 0 Å². The fourth-order valence-electron chi connectivity index (χ4n) is 3.58. The summed E-state index contributed by atoms with van der Waals surface area (Å²) >= 11 is 0. The van der Waals surface area contributed by atoms with E-state index in [1.165, 1.54) is 6.92 Å². The average Bonchev–Trinajstić information content (AvgIpc) is 2.72. The van der Waals surface area contributed by atoms with Gasteiger partial charge in [-0.05, 0) is 20.8 Å². The Morgan fingerprint density at radius 3 is 2.81 bits per heavy atom. The van der Waals surface area contributed by atoms with Gasteiger partial charge in [-0.1, -0.05) is 12.2 Å². The van der Waals surface area contributed by atoms with Gasteiger partial charge >= 0.3 is 0 Å². The van der Waals surface area contributed by atoms with E-state index in [0.717, 1.165) is 0 Å². The SMILES string of the molecule is CC(=O)[C@@H]1[C@H]2C(=O)N[C@@H](C)[C@@]23C=C[C@@]1(C)O3. The average molecular weight is 221 g/mol. The van der Waals surface area contributed by atoms with Gasteiger partial charge in [0.15, 0.2) is 0 Å². The van der Waals surface area contributed by atoms with Gasteiger partial charge in [0.1, 0.15) is 11.4 Å². The molecule has 2 fully saturated rings. The Morgan fingerprint density at radius 2 is 2.19 bits per heavy atom. The summed E-state index contributed by atoms with van der Waals surface area (Å²) in [6, 6.07) is -0.0626. The number of hydrogen-bond donors (Lipinski definition) is 1. The summed E-state index contributed by atoms with van der Waals surface area (Å²) < 4.78 is 6.01. The zero-order valence-corrected chi connectivity index (χ0v) is 9.61. The maximum atomic E-state index is 11.9. The summed E-state index contributed by atoms with van der Waals surface area (Å²) in [7, 11) is 0. The van der Waals surface area contributed by atoms with Gasteiger partial charge < -0.3 is 10.1 Å². The van der Waals surface area contributed by atoms with Crippen molar-refractivity contribution in [3.8, 4) is 0 Å². The number of carbonyl (C=O) groups excluding carboxylic acids is 2. The molecule has 3 heterocycles. The van der Waals surface area contributed by atoms with E-state index in [-0.39, 0.29) is 29.6 Å². The van der Waals surface area contributed by atoms with E-state index in [4.69, 9.17) is 4.74 Å². The second-order valence-electron chi connectivity index (χ2n) is 5.27. The molecular weight excluding hydrogens is 206 g/mol. The van der Waals surface area contributed by atoms with Crippen molar-refractivity contribution in [2.24, 2.45) is 11.8 Å². The number of ketones is 1. The van der Waals surface area contributed by atoms with Crippen LogP contribution < -0.4 is 5.32 Å². The fraction of sp³-hybridized carbons (Fsp3) is 0.667. The van der Waals surface area contributed by atoms with E-state index in [2.05, 4.69) is 5.32 Å². The maximum absolute atomic E-state index is 11.9. The molecular formula is C12H15NO3. The molecule has 2 bridgehead atoms. The minimum Gasteiger partial charge on any atom is -0.357 e. The van der Waals surface area contributed by atoms with Gasteiger partial charge in [0, 0.05) is 0 Å². The first kappa shape index (κ1) is 10.0. The molecule has 3 aliphatic heterocycles. The molecule has 16 heavy (non-hydrogen) atoms. The van der Waals surface area contributed by atoms with E-state index < -0.39 is 11.2 Å². The molecule has 2 saturated heterocycles. The number of carbonyl (C=O) groups is 2. The van der Waals surface area contributed by atoms with Crippen molar-refractivity contribution in [1.82, 2.24) is 5.32 Å². The monoisotopic (exact) mass is 221 g/mol. The molecule has 1 amide bonds. The van der Waals surface area contributed by atoms with Gasteiger partial charge in [0.25, 0.3) is 0 Å². The van der Waals surface area contributed by atoms with Crippen LogP contribution in [0.3, 0.4) is 0 Å². The lowest BCUT2D eigenvalue weighted by Gasteiger charge is -2.26. The van der Waals surface area contributed by atoms with Crippen molar-refractivity contribution in [2.75, 3.05) is 0 Å². The van der Waals surface area contributed by atoms with Gasteiger partial charge in [0.2, 0.25) is 5.91 Å². The zero-order valence-electron chi connectivity index (χ0n) is 9.61. The number of hydrogen-bond acceptors (Lipinski definition) is 3. The van der Waals surface area contributed by atoms with Crippen LogP contribution in [0.4, 0.5) is 0 Å². The lowest BCUT2D eigenvalue weighted by Crippen LogP contribution is -2.42. The van der Waals surface area contributed by atoms with Crippen LogP contribution in [0.5, 0.6) is 0 Å². The first-order valence-electron chi connectivity index (χ1n) is 5.62. The second kappa shape index (κ2) is 2.56. The van der Waals surface area contributed by atoms with Crippen molar-refractivity contribution < 1.29 is 14.3 Å². The number of Topliss-reactive ketones (excluding diaryl/α,β-unsaturated/α-hetero) is 1. The van der Waals surface area contributed by atoms with E-state index >= 15 is 0 Å². The van der Waals surface area contributed by atoms with Crippen LogP contribution in [0.15, 0.2) is 12.2 Å². The standard InChI is InChI=1S/C12H15NO3/c1-6(14)8-9-10(15)13-7(2)12(9)5-4-11(8,3)16-12/h4-5,7-9H,1-3H3,(H,13,15)/t7-,8+,9-,11+,12-/m0/s1. The van der Waals surface area contributed by atoms with E-state index in [1.54, 1.807) is 0 Å². The van der Waals surface area contributed by atoms with E-state index in [9.17, 15) is 9.59 Å². The van der Waals surface area contributed by atoms with Crippen LogP contribution in [0.1, 0.15) is 20.8 Å². The van der Waals surface area contributed by atoms with Crippen molar-refractivity contribution in [3.05, 3.63) is 12.2 Å². The van der Waals surface area contributed by atoms with Crippen molar-refractivity contribution in [1.29, 1.82) is 0 Å². The second-order valence-corrected chi connectivity index (χ2v) is 5.27. The van der Waals surface area contributed by atoms with Crippen LogP contribution in [0, 0.1) is 11.8 Å². The molecule has 86 valence electrons. The summed E-state index contributed by atoms with van der Waals surface area (Å²) in [4.78, 5) is 23.7. The number of nitrogens with one attached hydrogen (secondary N) is 1. The molecule has 4 nitrogen and oxygen atoms in total. The van der Waals surface area contributed by atoms with Crippen LogP contribution in [-0.2, 0) is 14.3 Å². The molecule has 3 aliphatic rings. The molecule has 5 atom stereocenters. The summed E-state index contributed by atoms with van der Waals surface area (Å²) in [5, 5.41) is 2.87. The normalized spacial score (nSPS) is 52.9. The van der Waals surface area contributed by atoms with Crippen LogP contribution in [0.25, 0.3) is 0 Å². The predicted octanol–water partition coefficient (Wildman–Crippen LogP) is 0.424. The molecule has 1 N–H and O–H groups in total. The number of amides is 1. The molecule has 0 aromatic carbocycles. The summed E-state index contributed by atoms with van der Waals surface area (Å²) in [6.45, 7) is 5.36. The quantitative estimate of drug-likeness (QED) is 0.653. The molecule has 0 saturated carbocycles.